The first-order valence-corrected chi connectivity index (χ1v) is 16.3. The van der Waals surface area contributed by atoms with E-state index in [-0.39, 0.29) is 36.5 Å². The maximum Gasteiger partial charge on any atom is 0.243 e. The summed E-state index contributed by atoms with van der Waals surface area (Å²) >= 11 is 1.52. The SMILES string of the molecule is CCC(=O)N[C@@H](Cc1nc2ccc(C(C)C)cc2s1)C(=O)N[C@H](C(=O)NCCN1CCOCC1)C1CCN(C(C)=O)CC1. The van der Waals surface area contributed by atoms with Crippen LogP contribution in [0.5, 0.6) is 0 Å². The molecule has 43 heavy (non-hydrogen) atoms. The van der Waals surface area contributed by atoms with E-state index in [0.29, 0.717) is 58.2 Å². The Kier molecular flexibility index (Phi) is 11.9. The van der Waals surface area contributed by atoms with E-state index in [4.69, 9.17) is 9.72 Å². The van der Waals surface area contributed by atoms with Crippen molar-refractivity contribution in [2.24, 2.45) is 5.92 Å². The third-order valence-electron chi connectivity index (χ3n) is 8.34. The van der Waals surface area contributed by atoms with E-state index in [1.54, 1.807) is 18.7 Å². The molecule has 3 N–H and O–H groups in total. The Morgan fingerprint density at radius 2 is 1.77 bits per heavy atom. The number of benzene rings is 1. The molecule has 2 aliphatic heterocycles. The monoisotopic (exact) mass is 614 g/mol. The molecule has 0 aliphatic carbocycles. The third-order valence-corrected chi connectivity index (χ3v) is 9.38. The summed E-state index contributed by atoms with van der Waals surface area (Å²) in [5.74, 6) is -0.646. The summed E-state index contributed by atoms with van der Waals surface area (Å²) in [5, 5.41) is 9.63. The molecule has 2 fully saturated rings. The summed E-state index contributed by atoms with van der Waals surface area (Å²) in [4.78, 5) is 60.5. The molecule has 2 aliphatic rings. The number of piperidine rings is 1. The second kappa shape index (κ2) is 15.6. The zero-order chi connectivity index (χ0) is 30.9. The van der Waals surface area contributed by atoms with Crippen LogP contribution in [0.1, 0.15) is 63.4 Å². The lowest BCUT2D eigenvalue weighted by Crippen LogP contribution is -2.58. The fourth-order valence-corrected chi connectivity index (χ4v) is 6.65. The van der Waals surface area contributed by atoms with Gasteiger partial charge in [-0.3, -0.25) is 24.1 Å². The van der Waals surface area contributed by atoms with Crippen LogP contribution in [-0.2, 0) is 30.3 Å². The maximum atomic E-state index is 13.8. The summed E-state index contributed by atoms with van der Waals surface area (Å²) < 4.78 is 6.45. The first-order valence-electron chi connectivity index (χ1n) is 15.5. The van der Waals surface area contributed by atoms with Crippen LogP contribution in [0, 0.1) is 5.92 Å². The van der Waals surface area contributed by atoms with Crippen LogP contribution in [0.3, 0.4) is 0 Å². The van der Waals surface area contributed by atoms with Gasteiger partial charge in [0.05, 0.1) is 28.4 Å². The van der Waals surface area contributed by atoms with Gasteiger partial charge in [0, 0.05) is 59.0 Å². The summed E-state index contributed by atoms with van der Waals surface area (Å²) in [6.07, 6.45) is 1.66. The standard InChI is InChI=1S/C31H46N6O5S/c1-5-27(39)33-25(19-28-34-24-7-6-23(20(2)3)18-26(24)43-28)30(40)35-29(22-8-11-37(12-9-22)21(4)38)31(41)32-10-13-36-14-16-42-17-15-36/h6-7,18,20,22,25,29H,5,8-17,19H2,1-4H3,(H,32,41)(H,33,39)(H,35,40)/t25-,29-/m0/s1. The van der Waals surface area contributed by atoms with Crippen LogP contribution < -0.4 is 16.0 Å². The van der Waals surface area contributed by atoms with Crippen LogP contribution in [0.2, 0.25) is 0 Å². The van der Waals surface area contributed by atoms with Gasteiger partial charge in [0.15, 0.2) is 0 Å². The van der Waals surface area contributed by atoms with Gasteiger partial charge in [-0.05, 0) is 42.4 Å². The number of fused-ring (bicyclic) bond motifs is 1. The average molecular weight is 615 g/mol. The second-order valence-electron chi connectivity index (χ2n) is 11.7. The number of likely N-dealkylation sites (tertiary alicyclic amines) is 1. The van der Waals surface area contributed by atoms with Crippen LogP contribution in [0.15, 0.2) is 18.2 Å². The lowest BCUT2D eigenvalue weighted by molar-refractivity contribution is -0.134. The van der Waals surface area contributed by atoms with E-state index in [9.17, 15) is 19.2 Å². The molecule has 1 aromatic carbocycles. The molecule has 0 radical (unpaired) electrons. The molecule has 4 rings (SSSR count). The van der Waals surface area contributed by atoms with Crippen LogP contribution in [0.25, 0.3) is 10.2 Å². The van der Waals surface area contributed by atoms with Crippen molar-refractivity contribution in [2.75, 3.05) is 52.5 Å². The molecular weight excluding hydrogens is 568 g/mol. The minimum atomic E-state index is -0.876. The Morgan fingerprint density at radius 1 is 1.05 bits per heavy atom. The Hall–Kier alpha value is -3.09. The molecule has 2 atom stereocenters. The van der Waals surface area contributed by atoms with E-state index in [2.05, 4.69) is 46.8 Å². The first kappa shape index (κ1) is 32.8. The zero-order valence-electron chi connectivity index (χ0n) is 25.8. The molecule has 0 bridgehead atoms. The van der Waals surface area contributed by atoms with Crippen molar-refractivity contribution < 1.29 is 23.9 Å². The summed E-state index contributed by atoms with van der Waals surface area (Å²) in [6.45, 7) is 12.8. The van der Waals surface area contributed by atoms with Crippen molar-refractivity contribution in [2.45, 2.75) is 71.4 Å². The van der Waals surface area contributed by atoms with E-state index in [1.807, 2.05) is 6.07 Å². The van der Waals surface area contributed by atoms with Crippen molar-refractivity contribution in [3.8, 4) is 0 Å². The average Bonchev–Trinajstić information content (AvgIpc) is 3.41. The molecule has 0 spiro atoms. The first-order chi connectivity index (χ1) is 20.6. The largest absolute Gasteiger partial charge is 0.379 e. The highest BCUT2D eigenvalue weighted by atomic mass is 32.1. The number of morpholine rings is 1. The molecule has 0 saturated carbocycles. The number of nitrogens with one attached hydrogen (secondary N) is 3. The number of carbonyl (C=O) groups excluding carboxylic acids is 4. The number of carbonyl (C=O) groups is 4. The molecule has 1 aromatic heterocycles. The Balaban J connectivity index is 1.48. The van der Waals surface area contributed by atoms with E-state index in [1.165, 1.54) is 16.9 Å². The van der Waals surface area contributed by atoms with Crippen molar-refractivity contribution in [3.05, 3.63) is 28.8 Å². The summed E-state index contributed by atoms with van der Waals surface area (Å²) in [7, 11) is 0. The molecule has 11 nitrogen and oxygen atoms in total. The molecule has 2 saturated heterocycles. The quantitative estimate of drug-likeness (QED) is 0.333. The molecule has 3 heterocycles. The number of hydrogen-bond donors (Lipinski definition) is 3. The van der Waals surface area contributed by atoms with E-state index >= 15 is 0 Å². The van der Waals surface area contributed by atoms with Gasteiger partial charge in [-0.1, -0.05) is 26.8 Å². The highest BCUT2D eigenvalue weighted by Crippen LogP contribution is 2.27. The maximum absolute atomic E-state index is 13.8. The number of nitrogens with zero attached hydrogens (tertiary/aromatic N) is 3. The second-order valence-corrected chi connectivity index (χ2v) is 12.9. The zero-order valence-corrected chi connectivity index (χ0v) is 26.6. The molecule has 236 valence electrons. The number of hydrogen-bond acceptors (Lipinski definition) is 8. The smallest absolute Gasteiger partial charge is 0.243 e. The lowest BCUT2D eigenvalue weighted by atomic mass is 9.88. The normalized spacial score (nSPS) is 17.9. The topological polar surface area (TPSA) is 133 Å². The number of rotatable bonds is 12. The Labute approximate surface area is 258 Å². The fourth-order valence-electron chi connectivity index (χ4n) is 5.59. The van der Waals surface area contributed by atoms with Crippen molar-refractivity contribution in [1.82, 2.24) is 30.7 Å². The third kappa shape index (κ3) is 9.20. The lowest BCUT2D eigenvalue weighted by Gasteiger charge is -2.36. The Bertz CT molecular complexity index is 1270. The predicted molar refractivity (Wildman–Crippen MR) is 167 cm³/mol. The summed E-state index contributed by atoms with van der Waals surface area (Å²) in [5.41, 5.74) is 2.08. The minimum Gasteiger partial charge on any atom is -0.379 e. The fraction of sp³-hybridized carbons (Fsp3) is 0.645. The molecule has 4 amide bonds. The van der Waals surface area contributed by atoms with E-state index in [0.717, 1.165) is 28.3 Å². The van der Waals surface area contributed by atoms with E-state index < -0.39 is 18.0 Å². The van der Waals surface area contributed by atoms with Gasteiger partial charge >= 0.3 is 0 Å². The van der Waals surface area contributed by atoms with Crippen molar-refractivity contribution in [1.29, 1.82) is 0 Å². The van der Waals surface area contributed by atoms with Gasteiger partial charge in [0.2, 0.25) is 23.6 Å². The van der Waals surface area contributed by atoms with Gasteiger partial charge < -0.3 is 25.6 Å². The molecule has 2 aromatic rings. The summed E-state index contributed by atoms with van der Waals surface area (Å²) in [6, 6.07) is 4.54. The van der Waals surface area contributed by atoms with Crippen LogP contribution >= 0.6 is 11.3 Å². The van der Waals surface area contributed by atoms with Gasteiger partial charge in [-0.25, -0.2) is 4.98 Å². The Morgan fingerprint density at radius 3 is 2.42 bits per heavy atom. The van der Waals surface area contributed by atoms with Crippen molar-refractivity contribution in [3.63, 3.8) is 0 Å². The van der Waals surface area contributed by atoms with Gasteiger partial charge in [-0.15, -0.1) is 11.3 Å². The van der Waals surface area contributed by atoms with Gasteiger partial charge in [0.25, 0.3) is 0 Å². The number of amides is 4. The van der Waals surface area contributed by atoms with Gasteiger partial charge in [0.1, 0.15) is 12.1 Å². The van der Waals surface area contributed by atoms with Gasteiger partial charge in [-0.2, -0.15) is 0 Å². The minimum absolute atomic E-state index is 0.00712. The van der Waals surface area contributed by atoms with Crippen molar-refractivity contribution >= 4 is 45.2 Å². The predicted octanol–water partition coefficient (Wildman–Crippen LogP) is 2.05. The van der Waals surface area contributed by atoms with Crippen LogP contribution in [0.4, 0.5) is 0 Å². The highest BCUT2D eigenvalue weighted by Gasteiger charge is 2.35. The van der Waals surface area contributed by atoms with Crippen LogP contribution in [-0.4, -0.2) is 103 Å². The molecule has 0 unspecified atom stereocenters. The molecule has 12 heteroatoms. The highest BCUT2D eigenvalue weighted by molar-refractivity contribution is 7.18. The number of aromatic nitrogens is 1. The number of thiazole rings is 1. The number of ether oxygens (including phenoxy) is 1. The molecular formula is C31H46N6O5S.